The molecule has 102 valence electrons. The normalized spacial score (nSPS) is 11.9. The molecule has 2 nitrogen and oxygen atoms in total. The van der Waals surface area contributed by atoms with Gasteiger partial charge in [0.15, 0.2) is 0 Å². The number of halogens is 2. The van der Waals surface area contributed by atoms with Gasteiger partial charge < -0.3 is 5.32 Å². The third kappa shape index (κ3) is 3.40. The molecular weight excluding hydrogens is 258 g/mol. The van der Waals surface area contributed by atoms with Crippen LogP contribution in [0.3, 0.4) is 0 Å². The van der Waals surface area contributed by atoms with Crippen molar-refractivity contribution in [3.63, 3.8) is 0 Å². The predicted octanol–water partition coefficient (Wildman–Crippen LogP) is 3.69. The van der Waals surface area contributed by atoms with Crippen molar-refractivity contribution in [3.8, 4) is 6.07 Å². The van der Waals surface area contributed by atoms with E-state index >= 15 is 0 Å². The second-order valence-electron chi connectivity index (χ2n) is 4.57. The van der Waals surface area contributed by atoms with Crippen LogP contribution < -0.4 is 5.32 Å². The molecule has 2 aromatic rings. The molecule has 20 heavy (non-hydrogen) atoms. The molecule has 0 amide bonds. The fraction of sp³-hybridized carbons (Fsp3) is 0.188. The zero-order chi connectivity index (χ0) is 14.5. The Hall–Kier alpha value is -2.25. The van der Waals surface area contributed by atoms with E-state index in [4.69, 9.17) is 5.26 Å². The molecule has 2 rings (SSSR count). The summed E-state index contributed by atoms with van der Waals surface area (Å²) < 4.78 is 26.0. The first kappa shape index (κ1) is 14.2. The maximum atomic E-state index is 13.2. The molecule has 0 bridgehead atoms. The van der Waals surface area contributed by atoms with E-state index in [0.717, 1.165) is 5.56 Å². The SMILES string of the molecule is C[C@@H](NCc1cc(F)ccc1C#N)c1ccc(F)cc1. The molecule has 1 atom stereocenters. The molecule has 4 heteroatoms. The Morgan fingerprint density at radius 2 is 1.75 bits per heavy atom. The molecule has 0 aliphatic carbocycles. The molecule has 0 fully saturated rings. The zero-order valence-corrected chi connectivity index (χ0v) is 11.0. The van der Waals surface area contributed by atoms with Gasteiger partial charge in [0.05, 0.1) is 11.6 Å². The minimum atomic E-state index is -0.366. The van der Waals surface area contributed by atoms with Crippen molar-refractivity contribution >= 4 is 0 Å². The Bertz CT molecular complexity index is 630. The fourth-order valence-electron chi connectivity index (χ4n) is 1.95. The lowest BCUT2D eigenvalue weighted by atomic mass is 10.1. The van der Waals surface area contributed by atoms with Gasteiger partial charge in [-0.3, -0.25) is 0 Å². The van der Waals surface area contributed by atoms with Crippen LogP contribution in [-0.4, -0.2) is 0 Å². The van der Waals surface area contributed by atoms with Gasteiger partial charge in [-0.25, -0.2) is 8.78 Å². The summed E-state index contributed by atoms with van der Waals surface area (Å²) in [4.78, 5) is 0. The van der Waals surface area contributed by atoms with Gasteiger partial charge in [-0.15, -0.1) is 0 Å². The Morgan fingerprint density at radius 1 is 1.10 bits per heavy atom. The molecule has 2 aromatic carbocycles. The van der Waals surface area contributed by atoms with Gasteiger partial charge in [-0.05, 0) is 48.4 Å². The van der Waals surface area contributed by atoms with Crippen LogP contribution >= 0.6 is 0 Å². The Kier molecular flexibility index (Phi) is 4.44. The lowest BCUT2D eigenvalue weighted by Gasteiger charge is -2.15. The average Bonchev–Trinajstić information content (AvgIpc) is 2.45. The second kappa shape index (κ2) is 6.27. The molecule has 0 heterocycles. The number of benzene rings is 2. The molecule has 0 spiro atoms. The highest BCUT2D eigenvalue weighted by molar-refractivity contribution is 5.37. The number of nitrogens with one attached hydrogen (secondary N) is 1. The van der Waals surface area contributed by atoms with Gasteiger partial charge >= 0.3 is 0 Å². The minimum absolute atomic E-state index is 0.0228. The number of hydrogen-bond donors (Lipinski definition) is 1. The van der Waals surface area contributed by atoms with Gasteiger partial charge in [0.2, 0.25) is 0 Å². The molecule has 0 saturated heterocycles. The molecule has 0 saturated carbocycles. The van der Waals surface area contributed by atoms with Crippen molar-refractivity contribution in [1.82, 2.24) is 5.32 Å². The van der Waals surface area contributed by atoms with Crippen molar-refractivity contribution in [2.45, 2.75) is 19.5 Å². The first-order valence-electron chi connectivity index (χ1n) is 6.27. The van der Waals surface area contributed by atoms with E-state index < -0.39 is 0 Å². The van der Waals surface area contributed by atoms with Crippen molar-refractivity contribution in [1.29, 1.82) is 5.26 Å². The summed E-state index contributed by atoms with van der Waals surface area (Å²) in [7, 11) is 0. The molecule has 0 aromatic heterocycles. The quantitative estimate of drug-likeness (QED) is 0.921. The summed E-state index contributed by atoms with van der Waals surface area (Å²) >= 11 is 0. The second-order valence-corrected chi connectivity index (χ2v) is 4.57. The third-order valence-electron chi connectivity index (χ3n) is 3.16. The molecule has 0 radical (unpaired) electrons. The lowest BCUT2D eigenvalue weighted by molar-refractivity contribution is 0.565. The maximum Gasteiger partial charge on any atom is 0.123 e. The fourth-order valence-corrected chi connectivity index (χ4v) is 1.95. The van der Waals surface area contributed by atoms with Crippen molar-refractivity contribution in [3.05, 3.63) is 70.8 Å². The van der Waals surface area contributed by atoms with E-state index in [1.54, 1.807) is 12.1 Å². The lowest BCUT2D eigenvalue weighted by Crippen LogP contribution is -2.18. The maximum absolute atomic E-state index is 13.2. The van der Waals surface area contributed by atoms with Crippen LogP contribution in [0.2, 0.25) is 0 Å². The highest BCUT2D eigenvalue weighted by Crippen LogP contribution is 2.15. The summed E-state index contributed by atoms with van der Waals surface area (Å²) in [6.45, 7) is 2.30. The van der Waals surface area contributed by atoms with Crippen LogP contribution in [-0.2, 0) is 6.54 Å². The van der Waals surface area contributed by atoms with Gasteiger partial charge in [0.1, 0.15) is 11.6 Å². The van der Waals surface area contributed by atoms with Crippen LogP contribution in [0.4, 0.5) is 8.78 Å². The summed E-state index contributed by atoms with van der Waals surface area (Å²) in [6.07, 6.45) is 0. The van der Waals surface area contributed by atoms with Gasteiger partial charge in [0, 0.05) is 12.6 Å². The Balaban J connectivity index is 2.07. The van der Waals surface area contributed by atoms with E-state index in [2.05, 4.69) is 5.32 Å². The minimum Gasteiger partial charge on any atom is -0.306 e. The van der Waals surface area contributed by atoms with Crippen LogP contribution in [0.25, 0.3) is 0 Å². The molecular formula is C16H14F2N2. The number of hydrogen-bond acceptors (Lipinski definition) is 2. The van der Waals surface area contributed by atoms with Crippen molar-refractivity contribution in [2.24, 2.45) is 0 Å². The standard InChI is InChI=1S/C16H14F2N2/c1-11(12-2-5-15(17)6-3-12)20-10-14-8-16(18)7-4-13(14)9-19/h2-8,11,20H,10H2,1H3/t11-/m1/s1. The van der Waals surface area contributed by atoms with E-state index in [9.17, 15) is 8.78 Å². The Labute approximate surface area is 116 Å². The average molecular weight is 272 g/mol. The zero-order valence-electron chi connectivity index (χ0n) is 11.0. The Morgan fingerprint density at radius 3 is 2.40 bits per heavy atom. The topological polar surface area (TPSA) is 35.8 Å². The van der Waals surface area contributed by atoms with Crippen LogP contribution in [0.15, 0.2) is 42.5 Å². The first-order chi connectivity index (χ1) is 9.60. The summed E-state index contributed by atoms with van der Waals surface area (Å²) in [5, 5.41) is 12.2. The third-order valence-corrected chi connectivity index (χ3v) is 3.16. The van der Waals surface area contributed by atoms with Gasteiger partial charge in [-0.2, -0.15) is 5.26 Å². The van der Waals surface area contributed by atoms with E-state index in [1.807, 2.05) is 13.0 Å². The van der Waals surface area contributed by atoms with Crippen molar-refractivity contribution < 1.29 is 8.78 Å². The number of nitrogens with zero attached hydrogens (tertiary/aromatic N) is 1. The molecule has 0 unspecified atom stereocenters. The summed E-state index contributed by atoms with van der Waals surface area (Å²) in [6, 6.07) is 12.3. The van der Waals surface area contributed by atoms with Crippen LogP contribution in [0, 0.1) is 23.0 Å². The predicted molar refractivity (Wildman–Crippen MR) is 72.8 cm³/mol. The van der Waals surface area contributed by atoms with Crippen LogP contribution in [0.1, 0.15) is 29.7 Å². The monoisotopic (exact) mass is 272 g/mol. The highest BCUT2D eigenvalue weighted by atomic mass is 19.1. The van der Waals surface area contributed by atoms with E-state index in [-0.39, 0.29) is 17.7 Å². The van der Waals surface area contributed by atoms with E-state index in [0.29, 0.717) is 17.7 Å². The van der Waals surface area contributed by atoms with Crippen LogP contribution in [0.5, 0.6) is 0 Å². The smallest absolute Gasteiger partial charge is 0.123 e. The van der Waals surface area contributed by atoms with Gasteiger partial charge in [0.25, 0.3) is 0 Å². The first-order valence-corrected chi connectivity index (χ1v) is 6.27. The summed E-state index contributed by atoms with van der Waals surface area (Å²) in [5.74, 6) is -0.645. The van der Waals surface area contributed by atoms with Crippen molar-refractivity contribution in [2.75, 3.05) is 0 Å². The number of nitriles is 1. The highest BCUT2D eigenvalue weighted by Gasteiger charge is 2.08. The summed E-state index contributed by atoms with van der Waals surface area (Å²) in [5.41, 5.74) is 1.99. The molecule has 0 aliphatic heterocycles. The molecule has 1 N–H and O–H groups in total. The van der Waals surface area contributed by atoms with E-state index in [1.165, 1.54) is 30.3 Å². The molecule has 0 aliphatic rings. The number of rotatable bonds is 4. The largest absolute Gasteiger partial charge is 0.306 e. The van der Waals surface area contributed by atoms with Gasteiger partial charge in [-0.1, -0.05) is 12.1 Å².